The van der Waals surface area contributed by atoms with Crippen molar-refractivity contribution in [2.24, 2.45) is 5.92 Å². The smallest absolute Gasteiger partial charge is 0.253 e. The zero-order valence-electron chi connectivity index (χ0n) is 28.9. The number of ether oxygens (including phenoxy) is 1. The summed E-state index contributed by atoms with van der Waals surface area (Å²) in [5.41, 5.74) is 5.24. The normalized spacial score (nSPS) is 14.7. The van der Waals surface area contributed by atoms with Crippen molar-refractivity contribution >= 4 is 11.8 Å². The van der Waals surface area contributed by atoms with Crippen LogP contribution in [0.15, 0.2) is 66.7 Å². The molecule has 3 aromatic carbocycles. The molecule has 0 unspecified atom stereocenters. The first kappa shape index (κ1) is 36.2. The predicted octanol–water partition coefficient (Wildman–Crippen LogP) is 6.88. The topological polar surface area (TPSA) is 90.9 Å². The van der Waals surface area contributed by atoms with Crippen molar-refractivity contribution in [3.05, 3.63) is 100 Å². The second kappa shape index (κ2) is 18.6. The van der Waals surface area contributed by atoms with Gasteiger partial charge in [0.2, 0.25) is 0 Å². The first-order valence-corrected chi connectivity index (χ1v) is 17.6. The average molecular weight is 642 g/mol. The fraction of sp³-hybridized carbons (Fsp3) is 0.500. The van der Waals surface area contributed by atoms with E-state index in [0.29, 0.717) is 43.7 Å². The minimum atomic E-state index is -0.845. The molecule has 1 fully saturated rings. The molecule has 0 bridgehead atoms. The summed E-state index contributed by atoms with van der Waals surface area (Å²) < 4.78 is 5.35. The SMILES string of the molecule is CCCN(CCC)C(=O)c1cc(C)cc(C(=O)N[C@@H](Cc2cccc(CC3CCCCC3)c2)[C@H](O)CNCc2cccc(OC)c2)c1. The molecule has 2 atom stereocenters. The molecule has 254 valence electrons. The molecule has 0 aliphatic heterocycles. The molecule has 1 aliphatic rings. The van der Waals surface area contributed by atoms with Crippen molar-refractivity contribution in [3.63, 3.8) is 0 Å². The Labute approximate surface area is 282 Å². The highest BCUT2D eigenvalue weighted by Crippen LogP contribution is 2.27. The molecule has 47 heavy (non-hydrogen) atoms. The van der Waals surface area contributed by atoms with E-state index in [-0.39, 0.29) is 11.8 Å². The minimum Gasteiger partial charge on any atom is -0.497 e. The average Bonchev–Trinajstić information content (AvgIpc) is 3.08. The Kier molecular flexibility index (Phi) is 14.3. The first-order chi connectivity index (χ1) is 22.8. The summed E-state index contributed by atoms with van der Waals surface area (Å²) in [6.45, 7) is 8.25. The van der Waals surface area contributed by atoms with Crippen molar-refractivity contribution in [1.82, 2.24) is 15.5 Å². The molecule has 7 nitrogen and oxygen atoms in total. The van der Waals surface area contributed by atoms with Gasteiger partial charge in [-0.25, -0.2) is 0 Å². The summed E-state index contributed by atoms with van der Waals surface area (Å²) in [7, 11) is 1.65. The Morgan fingerprint density at radius 1 is 0.894 bits per heavy atom. The van der Waals surface area contributed by atoms with Crippen molar-refractivity contribution in [2.75, 3.05) is 26.7 Å². The lowest BCUT2D eigenvalue weighted by Crippen LogP contribution is -2.48. The summed E-state index contributed by atoms with van der Waals surface area (Å²) >= 11 is 0. The Morgan fingerprint density at radius 2 is 1.57 bits per heavy atom. The van der Waals surface area contributed by atoms with Crippen LogP contribution in [0.2, 0.25) is 0 Å². The number of amides is 2. The molecule has 2 amide bonds. The maximum Gasteiger partial charge on any atom is 0.253 e. The summed E-state index contributed by atoms with van der Waals surface area (Å²) in [6, 6.07) is 21.3. The van der Waals surface area contributed by atoms with Gasteiger partial charge in [-0.1, -0.05) is 82.3 Å². The molecule has 3 N–H and O–H groups in total. The Balaban J connectivity index is 1.51. The third kappa shape index (κ3) is 11.2. The molecule has 1 aliphatic carbocycles. The van der Waals surface area contributed by atoms with E-state index in [2.05, 4.69) is 48.7 Å². The maximum atomic E-state index is 13.8. The van der Waals surface area contributed by atoms with E-state index in [0.717, 1.165) is 47.6 Å². The van der Waals surface area contributed by atoms with Gasteiger partial charge >= 0.3 is 0 Å². The number of nitrogens with one attached hydrogen (secondary N) is 2. The van der Waals surface area contributed by atoms with E-state index >= 15 is 0 Å². The van der Waals surface area contributed by atoms with Gasteiger partial charge in [0.1, 0.15) is 5.75 Å². The molecular weight excluding hydrogens is 586 g/mol. The van der Waals surface area contributed by atoms with E-state index in [1.54, 1.807) is 13.2 Å². The van der Waals surface area contributed by atoms with Gasteiger partial charge in [0.25, 0.3) is 11.8 Å². The van der Waals surface area contributed by atoms with Crippen LogP contribution < -0.4 is 15.4 Å². The molecule has 0 heterocycles. The van der Waals surface area contributed by atoms with Crippen LogP contribution in [0.4, 0.5) is 0 Å². The highest BCUT2D eigenvalue weighted by molar-refractivity contribution is 6.00. The van der Waals surface area contributed by atoms with Gasteiger partial charge < -0.3 is 25.4 Å². The van der Waals surface area contributed by atoms with Crippen LogP contribution in [-0.2, 0) is 19.4 Å². The number of nitrogens with zero attached hydrogens (tertiary/aromatic N) is 1. The van der Waals surface area contributed by atoms with E-state index in [4.69, 9.17) is 4.74 Å². The van der Waals surface area contributed by atoms with Gasteiger partial charge in [-0.3, -0.25) is 9.59 Å². The highest BCUT2D eigenvalue weighted by Gasteiger charge is 2.24. The van der Waals surface area contributed by atoms with Crippen LogP contribution in [0.1, 0.15) is 102 Å². The number of aliphatic hydroxyl groups is 1. The van der Waals surface area contributed by atoms with Gasteiger partial charge in [-0.15, -0.1) is 0 Å². The number of hydrogen-bond donors (Lipinski definition) is 3. The van der Waals surface area contributed by atoms with E-state index < -0.39 is 12.1 Å². The second-order valence-corrected chi connectivity index (χ2v) is 13.2. The van der Waals surface area contributed by atoms with Crippen LogP contribution in [0.25, 0.3) is 0 Å². The van der Waals surface area contributed by atoms with Gasteiger partial charge in [-0.05, 0) is 91.1 Å². The fourth-order valence-corrected chi connectivity index (χ4v) is 6.76. The zero-order chi connectivity index (χ0) is 33.6. The number of methoxy groups -OCH3 is 1. The van der Waals surface area contributed by atoms with Crippen molar-refractivity contribution in [3.8, 4) is 5.75 Å². The van der Waals surface area contributed by atoms with Crippen LogP contribution in [0, 0.1) is 12.8 Å². The van der Waals surface area contributed by atoms with Gasteiger partial charge in [0, 0.05) is 37.3 Å². The van der Waals surface area contributed by atoms with E-state index in [9.17, 15) is 14.7 Å². The lowest BCUT2D eigenvalue weighted by molar-refractivity contribution is 0.0755. The molecule has 4 rings (SSSR count). The van der Waals surface area contributed by atoms with Crippen LogP contribution >= 0.6 is 0 Å². The number of carbonyl (C=O) groups excluding carboxylic acids is 2. The molecule has 7 heteroatoms. The number of hydrogen-bond acceptors (Lipinski definition) is 5. The number of benzene rings is 3. The number of aliphatic hydroxyl groups excluding tert-OH is 1. The van der Waals surface area contributed by atoms with E-state index in [1.165, 1.54) is 37.7 Å². The third-order valence-corrected chi connectivity index (χ3v) is 9.15. The first-order valence-electron chi connectivity index (χ1n) is 17.6. The van der Waals surface area contributed by atoms with Crippen molar-refractivity contribution < 1.29 is 19.4 Å². The summed E-state index contributed by atoms with van der Waals surface area (Å²) in [6.07, 6.45) is 9.01. The monoisotopic (exact) mass is 641 g/mol. The summed E-state index contributed by atoms with van der Waals surface area (Å²) in [5, 5.41) is 18.0. The van der Waals surface area contributed by atoms with Crippen LogP contribution in [-0.4, -0.2) is 60.7 Å². The van der Waals surface area contributed by atoms with Gasteiger partial charge in [-0.2, -0.15) is 0 Å². The van der Waals surface area contributed by atoms with Gasteiger partial charge in [0.15, 0.2) is 0 Å². The number of rotatable bonds is 17. The summed E-state index contributed by atoms with van der Waals surface area (Å²) in [4.78, 5) is 29.1. The molecule has 3 aromatic rings. The highest BCUT2D eigenvalue weighted by atomic mass is 16.5. The van der Waals surface area contributed by atoms with Gasteiger partial charge in [0.05, 0.1) is 19.3 Å². The Morgan fingerprint density at radius 3 is 2.30 bits per heavy atom. The lowest BCUT2D eigenvalue weighted by atomic mass is 9.84. The lowest BCUT2D eigenvalue weighted by Gasteiger charge is -2.26. The number of carbonyl (C=O) groups is 2. The fourth-order valence-electron chi connectivity index (χ4n) is 6.76. The number of aryl methyl sites for hydroxylation is 1. The Hall–Kier alpha value is -3.68. The Bertz CT molecular complexity index is 1430. The third-order valence-electron chi connectivity index (χ3n) is 9.15. The van der Waals surface area contributed by atoms with Crippen molar-refractivity contribution in [2.45, 2.75) is 97.2 Å². The second-order valence-electron chi connectivity index (χ2n) is 13.2. The zero-order valence-corrected chi connectivity index (χ0v) is 28.9. The van der Waals surface area contributed by atoms with Crippen LogP contribution in [0.5, 0.6) is 5.75 Å². The van der Waals surface area contributed by atoms with Crippen molar-refractivity contribution in [1.29, 1.82) is 0 Å². The molecule has 0 spiro atoms. The molecule has 0 saturated heterocycles. The molecule has 0 aromatic heterocycles. The van der Waals surface area contributed by atoms with Crippen LogP contribution in [0.3, 0.4) is 0 Å². The summed E-state index contributed by atoms with van der Waals surface area (Å²) in [5.74, 6) is 1.16. The predicted molar refractivity (Wildman–Crippen MR) is 190 cm³/mol. The van der Waals surface area contributed by atoms with E-state index in [1.807, 2.05) is 48.2 Å². The minimum absolute atomic E-state index is 0.0560. The molecular formula is C40H55N3O4. The largest absolute Gasteiger partial charge is 0.497 e. The standard InChI is InChI=1S/C40H55N3O4/c1-5-18-43(19-6-2)40(46)35-21-29(3)20-34(26-35)39(45)42-37(38(44)28-41-27-33-16-11-17-36(24-33)47-4)25-32-15-10-14-31(23-32)22-30-12-8-7-9-13-30/h10-11,14-17,20-21,23-24,26,30,37-38,41,44H,5-9,12-13,18-19,22,25,27-28H2,1-4H3,(H,42,45)/t37-,38+/m0/s1. The maximum absolute atomic E-state index is 13.8. The molecule has 0 radical (unpaired) electrons. The quantitative estimate of drug-likeness (QED) is 0.150. The molecule has 1 saturated carbocycles.